The van der Waals surface area contributed by atoms with Crippen LogP contribution in [0.15, 0.2) is 0 Å². The highest BCUT2D eigenvalue weighted by Gasteiger charge is 2.09. The lowest BCUT2D eigenvalue weighted by Crippen LogP contribution is -2.44. The fraction of sp³-hybridized carbons (Fsp3) is 0.714. The molecule has 0 heterocycles. The number of nitrogens with one attached hydrogen (secondary N) is 3. The van der Waals surface area contributed by atoms with Gasteiger partial charge in [0.05, 0.1) is 12.6 Å². The Morgan fingerprint density at radius 3 is 2.33 bits per heavy atom. The van der Waals surface area contributed by atoms with Gasteiger partial charge in [0.1, 0.15) is 0 Å². The van der Waals surface area contributed by atoms with Crippen LogP contribution in [0.2, 0.25) is 0 Å². The van der Waals surface area contributed by atoms with Crippen molar-refractivity contribution in [3.8, 4) is 0 Å². The zero-order valence-electron chi connectivity index (χ0n) is 7.60. The maximum Gasteiger partial charge on any atom is 0.239 e. The van der Waals surface area contributed by atoms with Crippen LogP contribution in [0.4, 0.5) is 0 Å². The first-order valence-electron chi connectivity index (χ1n) is 3.77. The Bertz CT molecular complexity index is 170. The van der Waals surface area contributed by atoms with Crippen molar-refractivity contribution in [1.82, 2.24) is 16.0 Å². The highest BCUT2D eigenvalue weighted by atomic mass is 16.2. The molecule has 0 spiro atoms. The van der Waals surface area contributed by atoms with Crippen LogP contribution in [-0.2, 0) is 9.59 Å². The molecule has 70 valence electrons. The van der Waals surface area contributed by atoms with E-state index < -0.39 is 0 Å². The lowest BCUT2D eigenvalue weighted by molar-refractivity contribution is -0.126. The van der Waals surface area contributed by atoms with Gasteiger partial charge in [0.25, 0.3) is 0 Å². The van der Waals surface area contributed by atoms with E-state index >= 15 is 0 Å². The molecule has 0 fully saturated rings. The Balaban J connectivity index is 3.64. The maximum atomic E-state index is 11.0. The molecule has 0 aromatic carbocycles. The van der Waals surface area contributed by atoms with Crippen molar-refractivity contribution in [2.24, 2.45) is 0 Å². The number of rotatable bonds is 4. The lowest BCUT2D eigenvalue weighted by Gasteiger charge is -2.09. The topological polar surface area (TPSA) is 70.2 Å². The van der Waals surface area contributed by atoms with E-state index in [0.29, 0.717) is 0 Å². The third-order valence-corrected chi connectivity index (χ3v) is 1.53. The van der Waals surface area contributed by atoms with E-state index in [1.54, 1.807) is 14.0 Å². The smallest absolute Gasteiger partial charge is 0.239 e. The number of hydrogen-bond acceptors (Lipinski definition) is 3. The summed E-state index contributed by atoms with van der Waals surface area (Å²) in [7, 11) is 3.21. The Kier molecular flexibility index (Phi) is 5.03. The highest BCUT2D eigenvalue weighted by molar-refractivity contribution is 5.86. The number of carbonyl (C=O) groups is 2. The Morgan fingerprint density at radius 1 is 1.33 bits per heavy atom. The SMILES string of the molecule is CNC(=O)CNC(=O)C(C)NC. The quantitative estimate of drug-likeness (QED) is 0.482. The van der Waals surface area contributed by atoms with E-state index in [-0.39, 0.29) is 24.4 Å². The van der Waals surface area contributed by atoms with Crippen LogP contribution in [0, 0.1) is 0 Å². The molecule has 0 saturated carbocycles. The first kappa shape index (κ1) is 10.9. The molecule has 0 rings (SSSR count). The molecular weight excluding hydrogens is 158 g/mol. The van der Waals surface area contributed by atoms with Crippen molar-refractivity contribution in [3.05, 3.63) is 0 Å². The number of hydrogen-bond donors (Lipinski definition) is 3. The lowest BCUT2D eigenvalue weighted by atomic mass is 10.3. The minimum absolute atomic E-state index is 0.0291. The molecule has 0 aromatic rings. The van der Waals surface area contributed by atoms with Gasteiger partial charge >= 0.3 is 0 Å². The van der Waals surface area contributed by atoms with Crippen molar-refractivity contribution >= 4 is 11.8 Å². The Morgan fingerprint density at radius 2 is 1.92 bits per heavy atom. The summed E-state index contributed by atoms with van der Waals surface area (Å²) in [6, 6.07) is -0.269. The summed E-state index contributed by atoms with van der Waals surface area (Å²) in [6.45, 7) is 1.75. The molecule has 0 radical (unpaired) electrons. The normalized spacial score (nSPS) is 11.9. The molecule has 1 atom stereocenters. The number of carbonyl (C=O) groups excluding carboxylic acids is 2. The summed E-state index contributed by atoms with van der Waals surface area (Å²) in [5, 5.41) is 7.64. The average molecular weight is 173 g/mol. The van der Waals surface area contributed by atoms with Gasteiger partial charge in [0, 0.05) is 7.05 Å². The summed E-state index contributed by atoms with van der Waals surface area (Å²) in [6.07, 6.45) is 0. The molecule has 2 amide bonds. The second kappa shape index (κ2) is 5.54. The second-order valence-electron chi connectivity index (χ2n) is 2.40. The predicted octanol–water partition coefficient (Wildman–Crippen LogP) is -1.54. The predicted molar refractivity (Wildman–Crippen MR) is 45.6 cm³/mol. The molecule has 5 heteroatoms. The van der Waals surface area contributed by atoms with Crippen molar-refractivity contribution in [3.63, 3.8) is 0 Å². The van der Waals surface area contributed by atoms with Gasteiger partial charge in [-0.15, -0.1) is 0 Å². The largest absolute Gasteiger partial charge is 0.358 e. The summed E-state index contributed by atoms with van der Waals surface area (Å²) in [5.41, 5.74) is 0. The van der Waals surface area contributed by atoms with Crippen LogP contribution >= 0.6 is 0 Å². The summed E-state index contributed by atoms with van der Waals surface area (Å²) >= 11 is 0. The molecule has 5 nitrogen and oxygen atoms in total. The van der Waals surface area contributed by atoms with E-state index in [4.69, 9.17) is 0 Å². The van der Waals surface area contributed by atoms with Gasteiger partial charge in [-0.3, -0.25) is 9.59 Å². The van der Waals surface area contributed by atoms with E-state index in [1.165, 1.54) is 7.05 Å². The number of amides is 2. The molecular formula is C7H15N3O2. The summed E-state index contributed by atoms with van der Waals surface area (Å²) < 4.78 is 0. The molecule has 12 heavy (non-hydrogen) atoms. The zero-order valence-corrected chi connectivity index (χ0v) is 7.60. The van der Waals surface area contributed by atoms with Gasteiger partial charge < -0.3 is 16.0 Å². The van der Waals surface area contributed by atoms with Gasteiger partial charge in [0.15, 0.2) is 0 Å². The first-order chi connectivity index (χ1) is 5.61. The third kappa shape index (κ3) is 3.92. The van der Waals surface area contributed by atoms with Crippen LogP contribution in [-0.4, -0.2) is 38.5 Å². The minimum atomic E-state index is -0.269. The highest BCUT2D eigenvalue weighted by Crippen LogP contribution is 1.77. The minimum Gasteiger partial charge on any atom is -0.358 e. The standard InChI is InChI=1S/C7H15N3O2/c1-5(8-2)7(12)10-4-6(11)9-3/h5,8H,4H2,1-3H3,(H,9,11)(H,10,12). The van der Waals surface area contributed by atoms with Crippen LogP contribution in [0.1, 0.15) is 6.92 Å². The summed E-state index contributed by atoms with van der Waals surface area (Å²) in [5.74, 6) is -0.382. The Labute approximate surface area is 71.9 Å². The van der Waals surface area contributed by atoms with Crippen molar-refractivity contribution < 1.29 is 9.59 Å². The molecule has 1 unspecified atom stereocenters. The first-order valence-corrected chi connectivity index (χ1v) is 3.77. The van der Waals surface area contributed by atoms with Gasteiger partial charge in [-0.1, -0.05) is 0 Å². The van der Waals surface area contributed by atoms with E-state index in [2.05, 4.69) is 16.0 Å². The maximum absolute atomic E-state index is 11.0. The van der Waals surface area contributed by atoms with Crippen LogP contribution in [0.5, 0.6) is 0 Å². The fourth-order valence-electron chi connectivity index (χ4n) is 0.540. The average Bonchev–Trinajstić information content (AvgIpc) is 2.11. The summed E-state index contributed by atoms with van der Waals surface area (Å²) in [4.78, 5) is 21.7. The van der Waals surface area contributed by atoms with Gasteiger partial charge in [-0.05, 0) is 14.0 Å². The van der Waals surface area contributed by atoms with Gasteiger partial charge in [-0.2, -0.15) is 0 Å². The number of likely N-dealkylation sites (N-methyl/N-ethyl adjacent to an activating group) is 2. The molecule has 0 aliphatic rings. The van der Waals surface area contributed by atoms with Gasteiger partial charge in [0.2, 0.25) is 11.8 Å². The van der Waals surface area contributed by atoms with E-state index in [9.17, 15) is 9.59 Å². The van der Waals surface area contributed by atoms with Crippen molar-refractivity contribution in [1.29, 1.82) is 0 Å². The third-order valence-electron chi connectivity index (χ3n) is 1.53. The Hall–Kier alpha value is -1.10. The molecule has 0 bridgehead atoms. The molecule has 0 aliphatic carbocycles. The van der Waals surface area contributed by atoms with Gasteiger partial charge in [-0.25, -0.2) is 0 Å². The van der Waals surface area contributed by atoms with Crippen molar-refractivity contribution in [2.45, 2.75) is 13.0 Å². The monoisotopic (exact) mass is 173 g/mol. The zero-order chi connectivity index (χ0) is 9.56. The van der Waals surface area contributed by atoms with E-state index in [0.717, 1.165) is 0 Å². The van der Waals surface area contributed by atoms with E-state index in [1.807, 2.05) is 0 Å². The molecule has 3 N–H and O–H groups in total. The van der Waals surface area contributed by atoms with Crippen LogP contribution in [0.3, 0.4) is 0 Å². The molecule has 0 aromatic heterocycles. The van der Waals surface area contributed by atoms with Crippen LogP contribution in [0.25, 0.3) is 0 Å². The second-order valence-corrected chi connectivity index (χ2v) is 2.40. The molecule has 0 aliphatic heterocycles. The molecule has 0 saturated heterocycles. The van der Waals surface area contributed by atoms with Crippen LogP contribution < -0.4 is 16.0 Å². The fourth-order valence-corrected chi connectivity index (χ4v) is 0.540. The van der Waals surface area contributed by atoms with Crippen molar-refractivity contribution in [2.75, 3.05) is 20.6 Å².